The highest BCUT2D eigenvalue weighted by Crippen LogP contribution is 2.32. The van der Waals surface area contributed by atoms with Crippen LogP contribution in [0.5, 0.6) is 0 Å². The molecular formula is C21H30ClN3O2. The number of aryl methyl sites for hydroxylation is 1. The number of halogens is 1. The molecule has 0 unspecified atom stereocenters. The highest BCUT2D eigenvalue weighted by atomic mass is 35.5. The number of hydrogen-bond donors (Lipinski definition) is 1. The van der Waals surface area contributed by atoms with Crippen LogP contribution in [0, 0.1) is 12.3 Å². The first-order valence-corrected chi connectivity index (χ1v) is 9.37. The highest BCUT2D eigenvalue weighted by Gasteiger charge is 2.25. The summed E-state index contributed by atoms with van der Waals surface area (Å²) in [4.78, 5) is 19.3. The number of aromatic nitrogens is 1. The molecule has 1 N–H and O–H groups in total. The number of amides is 1. The second-order valence-electron chi connectivity index (χ2n) is 8.03. The van der Waals surface area contributed by atoms with E-state index in [1.54, 1.807) is 0 Å². The molecule has 1 saturated heterocycles. The molecule has 27 heavy (non-hydrogen) atoms. The Kier molecular flexibility index (Phi) is 6.71. The third-order valence-corrected chi connectivity index (χ3v) is 4.74. The molecular weight excluding hydrogens is 362 g/mol. The van der Waals surface area contributed by atoms with Crippen LogP contribution in [0.3, 0.4) is 0 Å². The monoisotopic (exact) mass is 391 g/mol. The number of benzene rings is 1. The molecule has 1 aromatic heterocycles. The molecule has 148 valence electrons. The van der Waals surface area contributed by atoms with Gasteiger partial charge in [0.15, 0.2) is 0 Å². The molecule has 1 amide bonds. The number of pyridine rings is 1. The molecule has 0 radical (unpaired) electrons. The quantitative estimate of drug-likeness (QED) is 0.829. The van der Waals surface area contributed by atoms with Crippen LogP contribution in [0.15, 0.2) is 24.3 Å². The van der Waals surface area contributed by atoms with E-state index in [2.05, 4.69) is 27.3 Å². The lowest BCUT2D eigenvalue weighted by Gasteiger charge is -2.22. The largest absolute Gasteiger partial charge is 0.377 e. The van der Waals surface area contributed by atoms with Gasteiger partial charge in [0.1, 0.15) is 0 Å². The van der Waals surface area contributed by atoms with E-state index in [1.165, 1.54) is 5.69 Å². The molecule has 6 heteroatoms. The van der Waals surface area contributed by atoms with Crippen LogP contribution in [0.1, 0.15) is 39.8 Å². The van der Waals surface area contributed by atoms with Crippen molar-refractivity contribution in [2.75, 3.05) is 29.9 Å². The molecule has 2 heterocycles. The van der Waals surface area contributed by atoms with Gasteiger partial charge in [0.05, 0.1) is 11.6 Å². The van der Waals surface area contributed by atoms with Crippen molar-refractivity contribution >= 4 is 40.6 Å². The molecule has 1 aromatic carbocycles. The number of anilines is 2. The molecule has 0 aliphatic carbocycles. The van der Waals surface area contributed by atoms with Gasteiger partial charge in [-0.3, -0.25) is 9.78 Å². The van der Waals surface area contributed by atoms with Crippen LogP contribution < -0.4 is 10.2 Å². The molecule has 0 spiro atoms. The normalized spacial score (nSPS) is 17.1. The van der Waals surface area contributed by atoms with E-state index < -0.39 is 5.41 Å². The first-order valence-electron chi connectivity index (χ1n) is 9.37. The molecule has 5 nitrogen and oxygen atoms in total. The van der Waals surface area contributed by atoms with Crippen molar-refractivity contribution in [1.29, 1.82) is 0 Å². The summed E-state index contributed by atoms with van der Waals surface area (Å²) in [6, 6.07) is 8.13. The number of carbonyl (C=O) groups is 1. The number of fused-ring (bicyclic) bond motifs is 1. The lowest BCUT2D eigenvalue weighted by atomic mass is 9.95. The second-order valence-corrected chi connectivity index (χ2v) is 8.03. The SMILES string of the molecule is CCO[C@H]1CCN(c2cc(C)nc3cc(NC(=O)C(C)(C)C)ccc23)C1.Cl. The first kappa shape index (κ1) is 21.5. The fourth-order valence-electron chi connectivity index (χ4n) is 3.32. The Morgan fingerprint density at radius 2 is 2.07 bits per heavy atom. The van der Waals surface area contributed by atoms with Crippen LogP contribution in [-0.2, 0) is 9.53 Å². The Bertz CT molecular complexity index is 817. The van der Waals surface area contributed by atoms with Gasteiger partial charge in [-0.15, -0.1) is 12.4 Å². The molecule has 2 aromatic rings. The van der Waals surface area contributed by atoms with E-state index in [1.807, 2.05) is 46.8 Å². The summed E-state index contributed by atoms with van der Waals surface area (Å²) in [5.41, 5.74) is 3.45. The van der Waals surface area contributed by atoms with E-state index in [-0.39, 0.29) is 18.3 Å². The van der Waals surface area contributed by atoms with Gasteiger partial charge in [-0.25, -0.2) is 0 Å². The van der Waals surface area contributed by atoms with E-state index in [9.17, 15) is 4.79 Å². The van der Waals surface area contributed by atoms with Crippen molar-refractivity contribution in [1.82, 2.24) is 4.98 Å². The zero-order valence-corrected chi connectivity index (χ0v) is 17.7. The molecule has 0 saturated carbocycles. The minimum atomic E-state index is -0.427. The van der Waals surface area contributed by atoms with Crippen molar-refractivity contribution in [3.63, 3.8) is 0 Å². The van der Waals surface area contributed by atoms with Gasteiger partial charge in [-0.05, 0) is 44.5 Å². The number of ether oxygens (including phenoxy) is 1. The maximum absolute atomic E-state index is 12.3. The van der Waals surface area contributed by atoms with Crippen LogP contribution >= 0.6 is 12.4 Å². The summed E-state index contributed by atoms with van der Waals surface area (Å²) in [7, 11) is 0. The summed E-state index contributed by atoms with van der Waals surface area (Å²) in [5.74, 6) is 0.00354. The molecule has 3 rings (SSSR count). The van der Waals surface area contributed by atoms with Crippen LogP contribution in [0.2, 0.25) is 0 Å². The van der Waals surface area contributed by atoms with Gasteiger partial charge in [0, 0.05) is 47.6 Å². The lowest BCUT2D eigenvalue weighted by Crippen LogP contribution is -2.27. The fourth-order valence-corrected chi connectivity index (χ4v) is 3.32. The summed E-state index contributed by atoms with van der Waals surface area (Å²) in [6.07, 6.45) is 1.35. The molecule has 1 aliphatic heterocycles. The second kappa shape index (κ2) is 8.44. The molecule has 1 fully saturated rings. The summed E-state index contributed by atoms with van der Waals surface area (Å²) in [6.45, 7) is 12.4. The van der Waals surface area contributed by atoms with E-state index >= 15 is 0 Å². The highest BCUT2D eigenvalue weighted by molar-refractivity contribution is 5.99. The van der Waals surface area contributed by atoms with Gasteiger partial charge >= 0.3 is 0 Å². The van der Waals surface area contributed by atoms with Gasteiger partial charge in [-0.2, -0.15) is 0 Å². The number of nitrogens with one attached hydrogen (secondary N) is 1. The van der Waals surface area contributed by atoms with Crippen molar-refractivity contribution in [3.05, 3.63) is 30.0 Å². The van der Waals surface area contributed by atoms with E-state index in [4.69, 9.17) is 4.74 Å². The smallest absolute Gasteiger partial charge is 0.229 e. The Morgan fingerprint density at radius 3 is 2.74 bits per heavy atom. The minimum Gasteiger partial charge on any atom is -0.377 e. The summed E-state index contributed by atoms with van der Waals surface area (Å²) < 4.78 is 5.79. The van der Waals surface area contributed by atoms with Crippen LogP contribution in [0.25, 0.3) is 10.9 Å². The first-order chi connectivity index (χ1) is 12.3. The van der Waals surface area contributed by atoms with Crippen molar-refractivity contribution in [3.8, 4) is 0 Å². The minimum absolute atomic E-state index is 0. The standard InChI is InChI=1S/C21H29N3O2.ClH/c1-6-26-16-9-10-24(13-16)19-11-14(2)22-18-12-15(7-8-17(18)19)23-20(25)21(3,4)5;/h7-8,11-12,16H,6,9-10,13H2,1-5H3,(H,23,25);1H/t16-;/m0./s1. The fraction of sp³-hybridized carbons (Fsp3) is 0.524. The number of carbonyl (C=O) groups excluding carboxylic acids is 1. The number of rotatable bonds is 4. The Balaban J connectivity index is 0.00000261. The molecule has 0 bridgehead atoms. The van der Waals surface area contributed by atoms with Gasteiger partial charge in [-0.1, -0.05) is 20.8 Å². The van der Waals surface area contributed by atoms with Crippen molar-refractivity contribution in [2.45, 2.75) is 47.1 Å². The number of nitrogens with zero attached hydrogens (tertiary/aromatic N) is 2. The third-order valence-electron chi connectivity index (χ3n) is 4.74. The maximum Gasteiger partial charge on any atom is 0.229 e. The topological polar surface area (TPSA) is 54.5 Å². The third kappa shape index (κ3) is 4.90. The van der Waals surface area contributed by atoms with Gasteiger partial charge in [0.25, 0.3) is 0 Å². The van der Waals surface area contributed by atoms with Gasteiger partial charge < -0.3 is 15.0 Å². The predicted octanol–water partition coefficient (Wildman–Crippen LogP) is 4.56. The zero-order valence-electron chi connectivity index (χ0n) is 16.8. The van der Waals surface area contributed by atoms with Crippen molar-refractivity contribution in [2.24, 2.45) is 5.41 Å². The average molecular weight is 392 g/mol. The van der Waals surface area contributed by atoms with Crippen LogP contribution in [0.4, 0.5) is 11.4 Å². The average Bonchev–Trinajstić information content (AvgIpc) is 3.01. The maximum atomic E-state index is 12.3. The van der Waals surface area contributed by atoms with Crippen LogP contribution in [-0.4, -0.2) is 36.7 Å². The van der Waals surface area contributed by atoms with E-state index in [0.717, 1.165) is 48.4 Å². The van der Waals surface area contributed by atoms with E-state index in [0.29, 0.717) is 6.10 Å². The predicted molar refractivity (Wildman–Crippen MR) is 114 cm³/mol. The Labute approximate surface area is 167 Å². The summed E-state index contributed by atoms with van der Waals surface area (Å²) >= 11 is 0. The number of hydrogen-bond acceptors (Lipinski definition) is 4. The summed E-state index contributed by atoms with van der Waals surface area (Å²) in [5, 5.41) is 4.11. The Hall–Kier alpha value is -1.85. The Morgan fingerprint density at radius 1 is 1.33 bits per heavy atom. The zero-order chi connectivity index (χ0) is 18.9. The lowest BCUT2D eigenvalue weighted by molar-refractivity contribution is -0.123. The molecule has 1 aliphatic rings. The molecule has 1 atom stereocenters. The van der Waals surface area contributed by atoms with Gasteiger partial charge in [0.2, 0.25) is 5.91 Å². The van der Waals surface area contributed by atoms with Crippen molar-refractivity contribution < 1.29 is 9.53 Å².